The topological polar surface area (TPSA) is 65.4 Å². The lowest BCUT2D eigenvalue weighted by Gasteiger charge is -2.17. The molecule has 0 radical (unpaired) electrons. The number of carbonyl (C=O) groups is 1. The summed E-state index contributed by atoms with van der Waals surface area (Å²) in [4.78, 5) is 14.3. The van der Waals surface area contributed by atoms with E-state index in [1.54, 1.807) is 7.11 Å². The molecule has 0 amide bonds. The maximum atomic E-state index is 12.5. The molecule has 0 saturated carbocycles. The van der Waals surface area contributed by atoms with Gasteiger partial charge in [0.1, 0.15) is 11.7 Å². The normalized spacial score (nSPS) is 17.8. The fourth-order valence-electron chi connectivity index (χ4n) is 2.49. The second kappa shape index (κ2) is 6.46. The van der Waals surface area contributed by atoms with Crippen LogP contribution in [0.15, 0.2) is 16.6 Å². The van der Waals surface area contributed by atoms with Crippen LogP contribution in [0.25, 0.3) is 0 Å². The van der Waals surface area contributed by atoms with E-state index >= 15 is 0 Å². The van der Waals surface area contributed by atoms with Gasteiger partial charge in [0.2, 0.25) is 0 Å². The number of ketones is 1. The molecule has 0 bridgehead atoms. The molecule has 0 aromatic heterocycles. The Hall–Kier alpha value is -1.58. The zero-order valence-corrected chi connectivity index (χ0v) is 13.9. The van der Waals surface area contributed by atoms with Crippen LogP contribution in [0, 0.1) is 17.2 Å². The summed E-state index contributed by atoms with van der Waals surface area (Å²) in [6, 6.07) is 5.60. The molecule has 112 valence electrons. The van der Waals surface area contributed by atoms with Crippen LogP contribution in [-0.2, 0) is 11.2 Å². The Labute approximate surface area is 133 Å². The zero-order chi connectivity index (χ0) is 15.6. The lowest BCUT2D eigenvalue weighted by atomic mass is 9.96. The summed E-state index contributed by atoms with van der Waals surface area (Å²) >= 11 is 3.43. The van der Waals surface area contributed by atoms with Gasteiger partial charge in [-0.1, -0.05) is 0 Å². The summed E-state index contributed by atoms with van der Waals surface area (Å²) < 4.78 is 6.11. The summed E-state index contributed by atoms with van der Waals surface area (Å²) in [7, 11) is 5.33. The van der Waals surface area contributed by atoms with Gasteiger partial charge >= 0.3 is 0 Å². The fraction of sp³-hybridized carbons (Fsp3) is 0.467. The summed E-state index contributed by atoms with van der Waals surface area (Å²) in [6.07, 6.45) is 0.587. The molecular weight excluding hydrogens is 334 g/mol. The average Bonchev–Trinajstić information content (AvgIpc) is 2.85. The second-order valence-corrected chi connectivity index (χ2v) is 6.25. The van der Waals surface area contributed by atoms with Crippen molar-refractivity contribution in [2.24, 2.45) is 5.92 Å². The number of benzene rings is 1. The van der Waals surface area contributed by atoms with Gasteiger partial charge in [0.25, 0.3) is 0 Å². The van der Waals surface area contributed by atoms with Crippen LogP contribution in [0.1, 0.15) is 5.56 Å². The Morgan fingerprint density at radius 2 is 2.33 bits per heavy atom. The third-order valence-corrected chi connectivity index (χ3v) is 4.14. The van der Waals surface area contributed by atoms with Crippen LogP contribution >= 0.6 is 15.9 Å². The first-order valence-electron chi connectivity index (χ1n) is 6.67. The SMILES string of the molecule is COc1cc2c(cc1Br)NC(C(=O)C(C#N)CN(C)C)C2. The van der Waals surface area contributed by atoms with Crippen molar-refractivity contribution in [1.29, 1.82) is 5.26 Å². The molecule has 2 unspecified atom stereocenters. The molecule has 1 aromatic rings. The highest BCUT2D eigenvalue weighted by atomic mass is 79.9. The standard InChI is InChI=1S/C15H18BrN3O2/c1-19(2)8-10(7-17)15(20)13-4-9-5-14(21-3)11(16)6-12(9)18-13/h5-6,10,13,18H,4,8H2,1-3H3. The van der Waals surface area contributed by atoms with Crippen LogP contribution in [-0.4, -0.2) is 44.5 Å². The average molecular weight is 352 g/mol. The Kier molecular flexibility index (Phi) is 4.86. The zero-order valence-electron chi connectivity index (χ0n) is 12.3. The number of halogens is 1. The van der Waals surface area contributed by atoms with Crippen LogP contribution in [0.3, 0.4) is 0 Å². The molecule has 0 saturated heterocycles. The number of hydrogen-bond acceptors (Lipinski definition) is 5. The van der Waals surface area contributed by atoms with Gasteiger partial charge < -0.3 is 15.0 Å². The molecule has 21 heavy (non-hydrogen) atoms. The number of nitrogens with one attached hydrogen (secondary N) is 1. The van der Waals surface area contributed by atoms with E-state index in [2.05, 4.69) is 27.3 Å². The van der Waals surface area contributed by atoms with Crippen LogP contribution in [0.5, 0.6) is 5.75 Å². The molecule has 1 aliphatic heterocycles. The Bertz CT molecular complexity index is 595. The van der Waals surface area contributed by atoms with Crippen LogP contribution in [0.4, 0.5) is 5.69 Å². The van der Waals surface area contributed by atoms with Crippen LogP contribution < -0.4 is 10.1 Å². The molecule has 0 spiro atoms. The van der Waals surface area contributed by atoms with Gasteiger partial charge in [0.05, 0.1) is 23.7 Å². The molecule has 1 N–H and O–H groups in total. The largest absolute Gasteiger partial charge is 0.496 e. The Morgan fingerprint density at radius 3 is 2.90 bits per heavy atom. The van der Waals surface area contributed by atoms with E-state index in [0.29, 0.717) is 13.0 Å². The van der Waals surface area contributed by atoms with E-state index in [1.807, 2.05) is 31.1 Å². The molecular formula is C15H18BrN3O2. The number of anilines is 1. The lowest BCUT2D eigenvalue weighted by Crippen LogP contribution is -2.37. The minimum atomic E-state index is -0.614. The molecule has 0 aliphatic carbocycles. The molecule has 1 aliphatic rings. The molecule has 6 heteroatoms. The van der Waals surface area contributed by atoms with Gasteiger partial charge in [-0.2, -0.15) is 5.26 Å². The number of methoxy groups -OCH3 is 1. The molecule has 0 fully saturated rings. The number of rotatable bonds is 5. The van der Waals surface area contributed by atoms with Crippen molar-refractivity contribution in [2.75, 3.05) is 33.1 Å². The number of hydrogen-bond donors (Lipinski definition) is 1. The number of Topliss-reactive ketones (excluding diaryl/α,β-unsaturated/α-hetero) is 1. The van der Waals surface area contributed by atoms with Crippen molar-refractivity contribution >= 4 is 27.4 Å². The minimum absolute atomic E-state index is 0.0579. The lowest BCUT2D eigenvalue weighted by molar-refractivity contribution is -0.122. The van der Waals surface area contributed by atoms with E-state index in [4.69, 9.17) is 4.74 Å². The highest BCUT2D eigenvalue weighted by Crippen LogP contribution is 2.36. The number of carbonyl (C=O) groups excluding carboxylic acids is 1. The van der Waals surface area contributed by atoms with Gasteiger partial charge in [-0.25, -0.2) is 0 Å². The highest BCUT2D eigenvalue weighted by molar-refractivity contribution is 9.10. The summed E-state index contributed by atoms with van der Waals surface area (Å²) in [5, 5.41) is 12.4. The van der Waals surface area contributed by atoms with Crippen LogP contribution in [0.2, 0.25) is 0 Å². The number of nitrogens with zero attached hydrogens (tertiary/aromatic N) is 2. The van der Waals surface area contributed by atoms with E-state index < -0.39 is 5.92 Å². The Morgan fingerprint density at radius 1 is 1.62 bits per heavy atom. The van der Waals surface area contributed by atoms with Crippen molar-refractivity contribution in [1.82, 2.24) is 4.90 Å². The quantitative estimate of drug-likeness (QED) is 0.879. The minimum Gasteiger partial charge on any atom is -0.496 e. The van der Waals surface area contributed by atoms with E-state index in [0.717, 1.165) is 21.5 Å². The summed E-state index contributed by atoms with van der Waals surface area (Å²) in [6.45, 7) is 0.441. The third kappa shape index (κ3) is 3.36. The van der Waals surface area contributed by atoms with Crippen molar-refractivity contribution in [3.05, 3.63) is 22.2 Å². The molecule has 5 nitrogen and oxygen atoms in total. The summed E-state index contributed by atoms with van der Waals surface area (Å²) in [5.74, 6) is 0.0726. The molecule has 2 atom stereocenters. The van der Waals surface area contributed by atoms with E-state index in [1.165, 1.54) is 0 Å². The number of fused-ring (bicyclic) bond motifs is 1. The molecule has 1 aromatic carbocycles. The van der Waals surface area contributed by atoms with Crippen molar-refractivity contribution < 1.29 is 9.53 Å². The monoisotopic (exact) mass is 351 g/mol. The van der Waals surface area contributed by atoms with Crippen molar-refractivity contribution in [3.63, 3.8) is 0 Å². The van der Waals surface area contributed by atoms with E-state index in [9.17, 15) is 10.1 Å². The van der Waals surface area contributed by atoms with Gasteiger partial charge in [-0.3, -0.25) is 4.79 Å². The maximum absolute atomic E-state index is 12.5. The summed E-state index contributed by atoms with van der Waals surface area (Å²) in [5.41, 5.74) is 1.96. The van der Waals surface area contributed by atoms with Crippen molar-refractivity contribution in [2.45, 2.75) is 12.5 Å². The molecule has 1 heterocycles. The van der Waals surface area contributed by atoms with Gasteiger partial charge in [-0.05, 0) is 47.7 Å². The number of nitriles is 1. The smallest absolute Gasteiger partial charge is 0.173 e. The highest BCUT2D eigenvalue weighted by Gasteiger charge is 2.32. The molecule has 2 rings (SSSR count). The first kappa shape index (κ1) is 15.8. The van der Waals surface area contributed by atoms with Gasteiger partial charge in [-0.15, -0.1) is 0 Å². The second-order valence-electron chi connectivity index (χ2n) is 5.39. The van der Waals surface area contributed by atoms with Gasteiger partial charge in [0, 0.05) is 18.7 Å². The predicted octanol–water partition coefficient (Wildman–Crippen LogP) is 2.06. The Balaban J connectivity index is 2.15. The number of ether oxygens (including phenoxy) is 1. The van der Waals surface area contributed by atoms with Crippen molar-refractivity contribution in [3.8, 4) is 11.8 Å². The van der Waals surface area contributed by atoms with E-state index in [-0.39, 0.29) is 11.8 Å². The van der Waals surface area contributed by atoms with Gasteiger partial charge in [0.15, 0.2) is 5.78 Å². The fourth-order valence-corrected chi connectivity index (χ4v) is 2.99. The predicted molar refractivity (Wildman–Crippen MR) is 84.5 cm³/mol. The third-order valence-electron chi connectivity index (χ3n) is 3.52. The maximum Gasteiger partial charge on any atom is 0.173 e. The first-order valence-corrected chi connectivity index (χ1v) is 7.46. The first-order chi connectivity index (χ1) is 9.96.